The Morgan fingerprint density at radius 2 is 1.80 bits per heavy atom. The number of nitrogens with zero attached hydrogens (tertiary/aromatic N) is 4. The Hall–Kier alpha value is -3.03. The Morgan fingerprint density at radius 1 is 1.14 bits per heavy atom. The second-order valence-electron chi connectivity index (χ2n) is 13.5. The molecule has 1 fully saturated rings. The number of phosphoric acid groups is 3. The van der Waals surface area contributed by atoms with Crippen LogP contribution in [-0.4, -0.2) is 103 Å². The van der Waals surface area contributed by atoms with Gasteiger partial charge in [-0.15, -0.1) is 0 Å². The van der Waals surface area contributed by atoms with Crippen LogP contribution >= 0.6 is 35.2 Å². The van der Waals surface area contributed by atoms with Crippen molar-refractivity contribution >= 4 is 69.1 Å². The first-order valence-corrected chi connectivity index (χ1v) is 22.7. The Labute approximate surface area is 340 Å². The normalized spacial score (nSPS) is 22.7. The molecule has 7 unspecified atom stereocenters. The number of nitrogen functional groups attached to an aromatic ring is 1. The van der Waals surface area contributed by atoms with Crippen molar-refractivity contribution in [3.8, 4) is 0 Å². The van der Waals surface area contributed by atoms with Crippen molar-refractivity contribution in [1.82, 2.24) is 30.2 Å². The summed E-state index contributed by atoms with van der Waals surface area (Å²) in [6.07, 6.45) is -4.22. The molecule has 1 saturated heterocycles. The number of hydrogen-bond donors (Lipinski definition) is 5. The van der Waals surface area contributed by atoms with Gasteiger partial charge in [0.15, 0.2) is 17.2 Å². The van der Waals surface area contributed by atoms with Crippen LogP contribution in [0.2, 0.25) is 0 Å². The van der Waals surface area contributed by atoms with Crippen molar-refractivity contribution in [2.45, 2.75) is 77.1 Å². The van der Waals surface area contributed by atoms with Crippen LogP contribution in [0.4, 0.5) is 10.2 Å². The highest BCUT2D eigenvalue weighted by Crippen LogP contribution is 2.56. The molecule has 0 radical (unpaired) electrons. The minimum absolute atomic E-state index is 0.0262. The van der Waals surface area contributed by atoms with Gasteiger partial charge in [-0.25, -0.2) is 23.7 Å². The van der Waals surface area contributed by atoms with Gasteiger partial charge in [-0.3, -0.25) is 28.1 Å². The number of nitrogens with two attached hydrogens (primary N) is 1. The molecule has 29 heteroatoms. The van der Waals surface area contributed by atoms with Gasteiger partial charge in [0.2, 0.25) is 16.9 Å². The quantitative estimate of drug-likeness (QED) is 0.0367. The molecule has 2 aromatic rings. The third-order valence-electron chi connectivity index (χ3n) is 8.31. The number of carbonyl (C=O) groups excluding carboxylic acids is 3. The summed E-state index contributed by atoms with van der Waals surface area (Å²) in [7, 11) is -17.7. The second kappa shape index (κ2) is 20.7. The lowest BCUT2D eigenvalue weighted by Gasteiger charge is -2.36. The van der Waals surface area contributed by atoms with Gasteiger partial charge in [0.25, 0.3) is 15.6 Å². The highest BCUT2D eigenvalue weighted by molar-refractivity contribution is 8.14. The summed E-state index contributed by atoms with van der Waals surface area (Å²) in [5, 5.41) is 26.0. The highest BCUT2D eigenvalue weighted by atomic mass is 32.2. The number of hydrogen-bond acceptors (Lipinski definition) is 22. The number of rotatable bonds is 23. The van der Waals surface area contributed by atoms with Gasteiger partial charge in [0, 0.05) is 36.3 Å². The maximum atomic E-state index is 13.1. The smallest absolute Gasteiger partial charge is 0.274 e. The summed E-state index contributed by atoms with van der Waals surface area (Å²) >= 11 is 0.872. The van der Waals surface area contributed by atoms with Gasteiger partial charge in [-0.2, -0.15) is 0 Å². The Balaban J connectivity index is 1.51. The topological polar surface area (TPSA) is 375 Å². The second-order valence-corrected chi connectivity index (χ2v) is 18.7. The van der Waals surface area contributed by atoms with Crippen molar-refractivity contribution in [2.75, 3.05) is 37.8 Å². The van der Waals surface area contributed by atoms with Gasteiger partial charge in [0.1, 0.15) is 42.1 Å². The van der Waals surface area contributed by atoms with E-state index in [-0.39, 0.29) is 52.9 Å². The van der Waals surface area contributed by atoms with E-state index in [1.54, 1.807) is 0 Å². The van der Waals surface area contributed by atoms with E-state index in [9.17, 15) is 62.3 Å². The SMILES string of the molecule is C=C(F)/C=C(\CCC)C(=O)SCCNC(=O)CCNC(=O)C(O)C(C)(C)COP(=O)([O-])OP(=O)([O-])OCC1OC(C)(n2cnc3c(N)ncnc32)C(O)C1OP(=O)([O-])[O-]. The lowest BCUT2D eigenvalue weighted by Crippen LogP contribution is -2.46. The molecule has 2 aromatic heterocycles. The van der Waals surface area contributed by atoms with Crippen LogP contribution in [0, 0.1) is 5.41 Å². The molecule has 0 saturated carbocycles. The van der Waals surface area contributed by atoms with E-state index < -0.39 is 89.9 Å². The summed E-state index contributed by atoms with van der Waals surface area (Å²) in [6.45, 7) is 5.92. The van der Waals surface area contributed by atoms with Gasteiger partial charge < -0.3 is 69.0 Å². The predicted molar refractivity (Wildman–Crippen MR) is 196 cm³/mol. The number of halogens is 1. The van der Waals surface area contributed by atoms with Crippen LogP contribution in [0.1, 0.15) is 47.0 Å². The fraction of sp³-hybridized carbons (Fsp3) is 0.600. The summed E-state index contributed by atoms with van der Waals surface area (Å²) in [5.74, 6) is -2.26. The molecule has 1 aliphatic heterocycles. The molecule has 1 aliphatic rings. The lowest BCUT2D eigenvalue weighted by molar-refractivity contribution is -0.347. The van der Waals surface area contributed by atoms with Crippen LogP contribution in [0.3, 0.4) is 0 Å². The fourth-order valence-corrected chi connectivity index (χ4v) is 8.81. The van der Waals surface area contributed by atoms with E-state index in [4.69, 9.17) is 10.5 Å². The van der Waals surface area contributed by atoms with E-state index >= 15 is 0 Å². The first-order valence-electron chi connectivity index (χ1n) is 17.3. The van der Waals surface area contributed by atoms with E-state index in [1.807, 2.05) is 6.92 Å². The lowest BCUT2D eigenvalue weighted by atomic mass is 9.87. The molecule has 0 bridgehead atoms. The van der Waals surface area contributed by atoms with E-state index in [2.05, 4.69) is 50.0 Å². The summed E-state index contributed by atoms with van der Waals surface area (Å²) in [6, 6.07) is 0. The zero-order chi connectivity index (χ0) is 44.6. The number of carbonyl (C=O) groups is 3. The van der Waals surface area contributed by atoms with Crippen LogP contribution in [0.25, 0.3) is 11.2 Å². The molecule has 7 atom stereocenters. The maximum absolute atomic E-state index is 13.1. The zero-order valence-electron chi connectivity index (χ0n) is 31.9. The van der Waals surface area contributed by atoms with E-state index in [0.29, 0.717) is 12.8 Å². The largest absolute Gasteiger partial charge is 0.790 e. The fourth-order valence-electron chi connectivity index (χ4n) is 5.35. The number of aliphatic hydroxyl groups is 2. The molecular weight excluding hydrogens is 874 g/mol. The first-order chi connectivity index (χ1) is 27.2. The molecule has 3 rings (SSSR count). The average Bonchev–Trinajstić information content (AvgIpc) is 3.67. The number of amides is 2. The van der Waals surface area contributed by atoms with Crippen molar-refractivity contribution in [2.24, 2.45) is 5.41 Å². The molecule has 332 valence electrons. The van der Waals surface area contributed by atoms with Gasteiger partial charge >= 0.3 is 0 Å². The summed E-state index contributed by atoms with van der Waals surface area (Å²) in [5.41, 5.74) is 2.21. The maximum Gasteiger partial charge on any atom is 0.274 e. The van der Waals surface area contributed by atoms with Gasteiger partial charge in [-0.1, -0.05) is 45.5 Å². The van der Waals surface area contributed by atoms with Crippen LogP contribution in [0.15, 0.2) is 36.7 Å². The number of phosphoric ester groups is 3. The number of anilines is 1. The van der Waals surface area contributed by atoms with E-state index in [0.717, 1.165) is 35.1 Å². The van der Waals surface area contributed by atoms with Crippen molar-refractivity contribution in [1.29, 1.82) is 0 Å². The molecule has 24 nitrogen and oxygen atoms in total. The number of thioether (sulfide) groups is 1. The summed E-state index contributed by atoms with van der Waals surface area (Å²) in [4.78, 5) is 96.9. The third kappa shape index (κ3) is 14.5. The van der Waals surface area contributed by atoms with E-state index in [1.165, 1.54) is 20.8 Å². The first kappa shape index (κ1) is 50.3. The summed E-state index contributed by atoms with van der Waals surface area (Å²) < 4.78 is 74.2. The highest BCUT2D eigenvalue weighted by Gasteiger charge is 2.55. The van der Waals surface area contributed by atoms with Gasteiger partial charge in [-0.05, 0) is 19.4 Å². The Morgan fingerprint density at radius 3 is 2.42 bits per heavy atom. The minimum Gasteiger partial charge on any atom is -0.790 e. The standard InChI is InChI=1S/C30H47FN7O17P3S/c1-6-7-18(12-17(2)31)28(43)59-11-10-33-20(39)8-9-34-27(42)24(41)29(3,4)14-52-58(49,50)55-57(47,48)51-13-19-22(54-56(44,45)46)23(40)30(5,53-19)38-16-37-21-25(32)35-15-36-26(21)38/h12,15-16,19,22-24,40-41H,2,6-11,13-14H2,1,3-5H3,(H,33,39)(H,34,42)(H,47,48)(H,49,50)(H2,32,35,36)(H2,44,45,46)/p-4/b18-12+. The number of nitrogens with one attached hydrogen (secondary N) is 2. The molecule has 59 heavy (non-hydrogen) atoms. The number of fused-ring (bicyclic) bond motifs is 1. The van der Waals surface area contributed by atoms with Crippen LogP contribution < -0.4 is 35.9 Å². The number of aromatic nitrogens is 4. The Kier molecular flexibility index (Phi) is 17.6. The molecule has 3 heterocycles. The average molecular weight is 918 g/mol. The molecular formula is C30H43FN7O17P3S-4. The number of allylic oxidation sites excluding steroid dienone is 2. The van der Waals surface area contributed by atoms with Crippen molar-refractivity contribution in [3.05, 3.63) is 36.7 Å². The zero-order valence-corrected chi connectivity index (χ0v) is 35.4. The number of imidazole rings is 1. The molecule has 6 N–H and O–H groups in total. The molecule has 0 aliphatic carbocycles. The van der Waals surface area contributed by atoms with Crippen molar-refractivity contribution < 1.29 is 84.9 Å². The van der Waals surface area contributed by atoms with Crippen LogP contribution in [0.5, 0.6) is 0 Å². The minimum atomic E-state index is -5.96. The molecule has 0 aromatic carbocycles. The monoisotopic (exact) mass is 917 g/mol. The third-order valence-corrected chi connectivity index (χ3v) is 12.3. The molecule has 0 spiro atoms. The number of aliphatic hydroxyl groups excluding tert-OH is 2. The molecule has 2 amide bonds. The van der Waals surface area contributed by atoms with Gasteiger partial charge in [0.05, 0.1) is 27.4 Å². The Bertz CT molecular complexity index is 2040. The number of ether oxygens (including phenoxy) is 1. The van der Waals surface area contributed by atoms with Crippen LogP contribution in [-0.2, 0) is 56.4 Å². The predicted octanol–water partition coefficient (Wildman–Crippen LogP) is -1.48. The van der Waals surface area contributed by atoms with Crippen molar-refractivity contribution in [3.63, 3.8) is 0 Å².